The molecule has 2 aliphatic rings. The van der Waals surface area contributed by atoms with E-state index < -0.39 is 0 Å². The summed E-state index contributed by atoms with van der Waals surface area (Å²) >= 11 is 0. The maximum absolute atomic E-state index is 5.02. The predicted octanol–water partition coefficient (Wildman–Crippen LogP) is 9.29. The van der Waals surface area contributed by atoms with Crippen LogP contribution in [-0.4, -0.2) is 23.1 Å². The fourth-order valence-corrected chi connectivity index (χ4v) is 7.09. The fraction of sp³-hybridized carbons (Fsp3) is 0.514. The van der Waals surface area contributed by atoms with Crippen molar-refractivity contribution >= 4 is 33.2 Å². The number of unbranched alkanes of at least 4 members (excludes halogenated alkanes) is 6. The van der Waals surface area contributed by atoms with Crippen LogP contribution in [0.4, 0.5) is 11.4 Å². The molecule has 4 heteroatoms. The molecule has 0 saturated heterocycles. The average Bonchev–Trinajstić information content (AvgIpc) is 2.99. The number of pyridine rings is 2. The molecule has 0 saturated carbocycles. The number of fused-ring (bicyclic) bond motifs is 4. The number of para-hydroxylation sites is 2. The molecule has 0 aliphatic heterocycles. The van der Waals surface area contributed by atoms with Gasteiger partial charge in [0, 0.05) is 46.6 Å². The minimum Gasteiger partial charge on any atom is -0.384 e. The van der Waals surface area contributed by atoms with E-state index in [1.54, 1.807) is 0 Å². The molecule has 4 aromatic rings. The van der Waals surface area contributed by atoms with E-state index in [4.69, 9.17) is 9.97 Å². The third-order valence-electron chi connectivity index (χ3n) is 9.47. The molecule has 0 amide bonds. The van der Waals surface area contributed by atoms with Gasteiger partial charge in [-0.05, 0) is 86.5 Å². The molecule has 4 nitrogen and oxygen atoms in total. The van der Waals surface area contributed by atoms with E-state index in [2.05, 4.69) is 73.0 Å². The minimum absolute atomic E-state index is 0.749. The van der Waals surface area contributed by atoms with Crippen molar-refractivity contribution in [3.63, 3.8) is 0 Å². The largest absolute Gasteiger partial charge is 0.384 e. The van der Waals surface area contributed by atoms with Crippen LogP contribution in [0.3, 0.4) is 0 Å². The second-order valence-corrected chi connectivity index (χ2v) is 12.9. The van der Waals surface area contributed by atoms with Gasteiger partial charge >= 0.3 is 0 Å². The molecule has 2 aromatic heterocycles. The lowest BCUT2D eigenvalue weighted by atomic mass is 9.86. The van der Waals surface area contributed by atoms with Crippen LogP contribution in [0.1, 0.15) is 94.1 Å². The van der Waals surface area contributed by atoms with Gasteiger partial charge in [-0.3, -0.25) is 9.97 Å². The van der Waals surface area contributed by atoms with E-state index in [0.29, 0.717) is 0 Å². The SMILES string of the molecule is CC1CCc2nc3ccccc3c(NCCCCCCCCCNc3c4c(nc5ccccc35)CCC(C)C4)c2C1. The molecule has 0 spiro atoms. The van der Waals surface area contributed by atoms with E-state index in [-0.39, 0.29) is 0 Å². The van der Waals surface area contributed by atoms with Gasteiger partial charge < -0.3 is 10.6 Å². The summed E-state index contributed by atoms with van der Waals surface area (Å²) in [6.45, 7) is 6.88. The summed E-state index contributed by atoms with van der Waals surface area (Å²) < 4.78 is 0. The molecule has 2 aromatic carbocycles. The first-order chi connectivity index (χ1) is 20.2. The second-order valence-electron chi connectivity index (χ2n) is 12.9. The van der Waals surface area contributed by atoms with Crippen LogP contribution in [0.2, 0.25) is 0 Å². The predicted molar refractivity (Wildman–Crippen MR) is 175 cm³/mol. The van der Waals surface area contributed by atoms with E-state index in [1.807, 2.05) is 0 Å². The van der Waals surface area contributed by atoms with E-state index in [9.17, 15) is 0 Å². The maximum atomic E-state index is 5.02. The zero-order valence-electron chi connectivity index (χ0n) is 25.3. The molecule has 2 aliphatic carbocycles. The zero-order valence-corrected chi connectivity index (χ0v) is 25.3. The van der Waals surface area contributed by atoms with Gasteiger partial charge in [0.1, 0.15) is 0 Å². The van der Waals surface area contributed by atoms with E-state index >= 15 is 0 Å². The van der Waals surface area contributed by atoms with Gasteiger partial charge in [0.05, 0.1) is 11.0 Å². The Hall–Kier alpha value is -3.14. The summed E-state index contributed by atoms with van der Waals surface area (Å²) in [7, 11) is 0. The third-order valence-corrected chi connectivity index (χ3v) is 9.47. The quantitative estimate of drug-likeness (QED) is 0.173. The molecule has 2 unspecified atom stereocenters. The molecule has 216 valence electrons. The number of anilines is 2. The van der Waals surface area contributed by atoms with Gasteiger partial charge in [0.2, 0.25) is 0 Å². The van der Waals surface area contributed by atoms with Crippen molar-refractivity contribution in [1.82, 2.24) is 9.97 Å². The Morgan fingerprint density at radius 1 is 0.585 bits per heavy atom. The summed E-state index contributed by atoms with van der Waals surface area (Å²) in [6.07, 6.45) is 16.2. The Bertz CT molecular complexity index is 1360. The normalized spacial score (nSPS) is 18.3. The van der Waals surface area contributed by atoms with Crippen LogP contribution in [0.25, 0.3) is 21.8 Å². The molecule has 2 atom stereocenters. The van der Waals surface area contributed by atoms with E-state index in [0.717, 1.165) is 61.6 Å². The van der Waals surface area contributed by atoms with Crippen LogP contribution >= 0.6 is 0 Å². The first-order valence-electron chi connectivity index (χ1n) is 16.5. The van der Waals surface area contributed by atoms with Crippen molar-refractivity contribution in [2.45, 2.75) is 97.3 Å². The lowest BCUT2D eigenvalue weighted by molar-refractivity contribution is 0.496. The molecule has 0 fully saturated rings. The van der Waals surface area contributed by atoms with Gasteiger partial charge in [-0.1, -0.05) is 82.3 Å². The molecule has 2 N–H and O–H groups in total. The van der Waals surface area contributed by atoms with Gasteiger partial charge in [0.15, 0.2) is 0 Å². The minimum atomic E-state index is 0.749. The van der Waals surface area contributed by atoms with Crippen molar-refractivity contribution in [2.24, 2.45) is 11.8 Å². The van der Waals surface area contributed by atoms with Crippen LogP contribution in [-0.2, 0) is 25.7 Å². The number of aryl methyl sites for hydroxylation is 2. The van der Waals surface area contributed by atoms with Gasteiger partial charge in [-0.25, -0.2) is 0 Å². The number of hydrogen-bond donors (Lipinski definition) is 2. The molecule has 6 rings (SSSR count). The topological polar surface area (TPSA) is 49.8 Å². The van der Waals surface area contributed by atoms with Crippen molar-refractivity contribution in [2.75, 3.05) is 23.7 Å². The Morgan fingerprint density at radius 3 is 1.46 bits per heavy atom. The van der Waals surface area contributed by atoms with E-state index in [1.165, 1.54) is 102 Å². The highest BCUT2D eigenvalue weighted by Crippen LogP contribution is 2.36. The summed E-state index contributed by atoms with van der Waals surface area (Å²) in [5.41, 5.74) is 10.6. The van der Waals surface area contributed by atoms with Gasteiger partial charge in [0.25, 0.3) is 0 Å². The molecule has 0 bridgehead atoms. The number of benzene rings is 2. The number of nitrogens with one attached hydrogen (secondary N) is 2. The van der Waals surface area contributed by atoms with Crippen LogP contribution in [0.5, 0.6) is 0 Å². The van der Waals surface area contributed by atoms with Crippen LogP contribution in [0, 0.1) is 11.8 Å². The average molecular weight is 549 g/mol. The molecular weight excluding hydrogens is 500 g/mol. The number of rotatable bonds is 12. The highest BCUT2D eigenvalue weighted by molar-refractivity contribution is 5.94. The molecular formula is C37H48N4. The summed E-state index contributed by atoms with van der Waals surface area (Å²) in [4.78, 5) is 10.0. The molecule has 41 heavy (non-hydrogen) atoms. The number of aromatic nitrogens is 2. The van der Waals surface area contributed by atoms with Crippen molar-refractivity contribution in [3.8, 4) is 0 Å². The highest BCUT2D eigenvalue weighted by atomic mass is 14.9. The molecule has 0 radical (unpaired) electrons. The number of nitrogens with zero attached hydrogens (tertiary/aromatic N) is 2. The van der Waals surface area contributed by atoms with Crippen molar-refractivity contribution < 1.29 is 0 Å². The van der Waals surface area contributed by atoms with Crippen molar-refractivity contribution in [3.05, 3.63) is 71.0 Å². The second kappa shape index (κ2) is 13.2. The first kappa shape index (κ1) is 28.0. The lowest BCUT2D eigenvalue weighted by Crippen LogP contribution is -2.17. The smallest absolute Gasteiger partial charge is 0.0726 e. The summed E-state index contributed by atoms with van der Waals surface area (Å²) in [5, 5.41) is 10.3. The number of hydrogen-bond acceptors (Lipinski definition) is 4. The van der Waals surface area contributed by atoms with Crippen LogP contribution in [0.15, 0.2) is 48.5 Å². The Kier molecular flexibility index (Phi) is 9.03. The first-order valence-corrected chi connectivity index (χ1v) is 16.5. The zero-order chi connectivity index (χ0) is 28.0. The Labute approximate surface area is 246 Å². The van der Waals surface area contributed by atoms with Gasteiger partial charge in [-0.15, -0.1) is 0 Å². The fourth-order valence-electron chi connectivity index (χ4n) is 7.09. The summed E-state index contributed by atoms with van der Waals surface area (Å²) in [6, 6.07) is 17.3. The molecule has 2 heterocycles. The van der Waals surface area contributed by atoms with Crippen LogP contribution < -0.4 is 10.6 Å². The highest BCUT2D eigenvalue weighted by Gasteiger charge is 2.23. The Balaban J connectivity index is 0.923. The van der Waals surface area contributed by atoms with Gasteiger partial charge in [-0.2, -0.15) is 0 Å². The maximum Gasteiger partial charge on any atom is 0.0726 e. The van der Waals surface area contributed by atoms with Crippen molar-refractivity contribution in [1.29, 1.82) is 0 Å². The lowest BCUT2D eigenvalue weighted by Gasteiger charge is -2.25. The Morgan fingerprint density at radius 2 is 1.00 bits per heavy atom. The third kappa shape index (κ3) is 6.52. The standard InChI is InChI=1S/C37H48N4/c1-26-18-20-34-30(24-26)36(28-14-8-10-16-32(28)40-34)38-22-12-6-4-3-5-7-13-23-39-37-29-15-9-11-17-33(29)41-35-21-19-27(2)25-31(35)37/h8-11,14-17,26-27H,3-7,12-13,18-25H2,1-2H3,(H,38,40)(H,39,41). The summed E-state index contributed by atoms with van der Waals surface area (Å²) in [5.74, 6) is 1.50. The monoisotopic (exact) mass is 548 g/mol.